The summed E-state index contributed by atoms with van der Waals surface area (Å²) in [5.74, 6) is -0.104. The topological polar surface area (TPSA) is 84.3 Å². The Morgan fingerprint density at radius 1 is 1.07 bits per heavy atom. The number of sulfonamides is 1. The molecule has 0 radical (unpaired) electrons. The van der Waals surface area contributed by atoms with Crippen molar-refractivity contribution in [2.75, 3.05) is 18.5 Å². The average molecular weight is 410 g/mol. The van der Waals surface area contributed by atoms with E-state index in [1.165, 1.54) is 13.1 Å². The molecule has 2 heterocycles. The second kappa shape index (κ2) is 7.13. The van der Waals surface area contributed by atoms with Crippen molar-refractivity contribution in [2.24, 2.45) is 0 Å². The quantitative estimate of drug-likeness (QED) is 0.717. The summed E-state index contributed by atoms with van der Waals surface area (Å²) in [6, 6.07) is 14.2. The number of hydrogen-bond acceptors (Lipinski definition) is 4. The molecule has 0 bridgehead atoms. The van der Waals surface area contributed by atoms with Gasteiger partial charge in [-0.15, -0.1) is 0 Å². The highest BCUT2D eigenvalue weighted by molar-refractivity contribution is 7.89. The van der Waals surface area contributed by atoms with Gasteiger partial charge in [0.05, 0.1) is 16.3 Å². The van der Waals surface area contributed by atoms with Crippen LogP contribution in [0.25, 0.3) is 5.69 Å². The van der Waals surface area contributed by atoms with Gasteiger partial charge in [0.25, 0.3) is 5.91 Å². The van der Waals surface area contributed by atoms with Crippen LogP contribution in [0.1, 0.15) is 27.3 Å². The van der Waals surface area contributed by atoms with E-state index in [1.807, 2.05) is 36.7 Å². The van der Waals surface area contributed by atoms with Crippen molar-refractivity contribution < 1.29 is 13.2 Å². The smallest absolute Gasteiger partial charge is 0.258 e. The highest BCUT2D eigenvalue weighted by Gasteiger charge is 2.27. The van der Waals surface area contributed by atoms with E-state index in [-0.39, 0.29) is 10.8 Å². The van der Waals surface area contributed by atoms with Gasteiger partial charge in [-0.1, -0.05) is 0 Å². The molecule has 1 N–H and O–H groups in total. The first kappa shape index (κ1) is 19.4. The molecule has 29 heavy (non-hydrogen) atoms. The van der Waals surface area contributed by atoms with Crippen LogP contribution in [0.3, 0.4) is 0 Å². The number of rotatable bonds is 4. The maximum absolute atomic E-state index is 13.0. The minimum Gasteiger partial charge on any atom is -0.308 e. The number of aryl methyl sites for hydroxylation is 2. The van der Waals surface area contributed by atoms with Crippen molar-refractivity contribution in [3.63, 3.8) is 0 Å². The zero-order valence-electron chi connectivity index (χ0n) is 16.5. The predicted octanol–water partition coefficient (Wildman–Crippen LogP) is 2.60. The molecule has 0 spiro atoms. The molecule has 0 unspecified atom stereocenters. The van der Waals surface area contributed by atoms with Crippen LogP contribution in [0.5, 0.6) is 0 Å². The first-order chi connectivity index (χ1) is 13.8. The van der Waals surface area contributed by atoms with Crippen molar-refractivity contribution in [1.82, 2.24) is 14.5 Å². The third-order valence-electron chi connectivity index (χ3n) is 5.14. The number of nitrogens with zero attached hydrogens (tertiary/aromatic N) is 3. The number of aromatic nitrogens is 2. The number of carbonyl (C=O) groups excluding carboxylic acids is 1. The Kier molecular flexibility index (Phi) is 4.76. The molecule has 1 amide bonds. The summed E-state index contributed by atoms with van der Waals surface area (Å²) in [5, 5.41) is 4.46. The van der Waals surface area contributed by atoms with E-state index in [0.717, 1.165) is 28.3 Å². The maximum atomic E-state index is 13.0. The van der Waals surface area contributed by atoms with Crippen LogP contribution in [0.4, 0.5) is 5.69 Å². The summed E-state index contributed by atoms with van der Waals surface area (Å²) >= 11 is 0. The SMILES string of the molecule is CNS(=O)(=O)c1ccc2c(c1)CCN2C(=O)c1ccc(-n2nc(C)cc2C)cc1. The van der Waals surface area contributed by atoms with Gasteiger partial charge in [-0.25, -0.2) is 17.8 Å². The minimum atomic E-state index is -3.50. The number of nitrogens with one attached hydrogen (secondary N) is 1. The summed E-state index contributed by atoms with van der Waals surface area (Å²) in [4.78, 5) is 14.9. The highest BCUT2D eigenvalue weighted by atomic mass is 32.2. The van der Waals surface area contributed by atoms with Crippen LogP contribution in [0.2, 0.25) is 0 Å². The number of amides is 1. The van der Waals surface area contributed by atoms with Gasteiger partial charge in [-0.05, 0) is 81.4 Å². The van der Waals surface area contributed by atoms with Gasteiger partial charge >= 0.3 is 0 Å². The summed E-state index contributed by atoms with van der Waals surface area (Å²) in [6.07, 6.45) is 0.623. The van der Waals surface area contributed by atoms with E-state index in [0.29, 0.717) is 18.5 Å². The summed E-state index contributed by atoms with van der Waals surface area (Å²) < 4.78 is 28.2. The van der Waals surface area contributed by atoms with E-state index in [9.17, 15) is 13.2 Å². The van der Waals surface area contributed by atoms with E-state index < -0.39 is 10.0 Å². The maximum Gasteiger partial charge on any atom is 0.258 e. The fraction of sp³-hybridized carbons (Fsp3) is 0.238. The van der Waals surface area contributed by atoms with Gasteiger partial charge in [0, 0.05) is 23.5 Å². The second-order valence-corrected chi connectivity index (χ2v) is 8.98. The molecule has 4 rings (SSSR count). The normalized spacial score (nSPS) is 13.6. The minimum absolute atomic E-state index is 0.104. The van der Waals surface area contributed by atoms with Gasteiger partial charge in [0.15, 0.2) is 0 Å². The van der Waals surface area contributed by atoms with Crippen LogP contribution in [0, 0.1) is 13.8 Å². The average Bonchev–Trinajstić information content (AvgIpc) is 3.29. The summed E-state index contributed by atoms with van der Waals surface area (Å²) in [5.41, 5.74) is 5.06. The molecule has 1 aliphatic rings. The molecule has 1 aromatic heterocycles. The lowest BCUT2D eigenvalue weighted by Crippen LogP contribution is -2.28. The molecule has 0 saturated heterocycles. The fourth-order valence-corrected chi connectivity index (χ4v) is 4.45. The van der Waals surface area contributed by atoms with Gasteiger partial charge in [0.2, 0.25) is 10.0 Å². The van der Waals surface area contributed by atoms with Crippen LogP contribution in [-0.2, 0) is 16.4 Å². The Morgan fingerprint density at radius 2 is 1.79 bits per heavy atom. The van der Waals surface area contributed by atoms with Crippen molar-refractivity contribution in [3.8, 4) is 5.69 Å². The molecule has 8 heteroatoms. The van der Waals surface area contributed by atoms with Crippen molar-refractivity contribution in [1.29, 1.82) is 0 Å². The van der Waals surface area contributed by atoms with Crippen LogP contribution in [0.15, 0.2) is 53.4 Å². The Balaban J connectivity index is 1.60. The molecule has 2 aromatic carbocycles. The summed E-state index contributed by atoms with van der Waals surface area (Å²) in [7, 11) is -2.12. The van der Waals surface area contributed by atoms with Crippen molar-refractivity contribution >= 4 is 21.6 Å². The second-order valence-electron chi connectivity index (χ2n) is 7.09. The molecular weight excluding hydrogens is 388 g/mol. The number of benzene rings is 2. The summed E-state index contributed by atoms with van der Waals surface area (Å²) in [6.45, 7) is 4.46. The number of hydrogen-bond donors (Lipinski definition) is 1. The van der Waals surface area contributed by atoms with E-state index >= 15 is 0 Å². The van der Waals surface area contributed by atoms with Gasteiger partial charge in [-0.2, -0.15) is 5.10 Å². The zero-order chi connectivity index (χ0) is 20.8. The number of anilines is 1. The van der Waals surface area contributed by atoms with Crippen molar-refractivity contribution in [3.05, 3.63) is 71.0 Å². The molecule has 0 saturated carbocycles. The highest BCUT2D eigenvalue weighted by Crippen LogP contribution is 2.31. The Morgan fingerprint density at radius 3 is 2.41 bits per heavy atom. The predicted molar refractivity (Wildman–Crippen MR) is 111 cm³/mol. The molecule has 1 aliphatic heterocycles. The number of fused-ring (bicyclic) bond motifs is 1. The van der Waals surface area contributed by atoms with E-state index in [4.69, 9.17) is 0 Å². The lowest BCUT2D eigenvalue weighted by molar-refractivity contribution is 0.0989. The zero-order valence-corrected chi connectivity index (χ0v) is 17.3. The molecule has 0 fully saturated rings. The first-order valence-corrected chi connectivity index (χ1v) is 10.8. The largest absolute Gasteiger partial charge is 0.308 e. The Hall–Kier alpha value is -2.97. The Labute approximate surface area is 170 Å². The van der Waals surface area contributed by atoms with Gasteiger partial charge in [-0.3, -0.25) is 4.79 Å². The monoisotopic (exact) mass is 410 g/mol. The molecule has 0 atom stereocenters. The van der Waals surface area contributed by atoms with Gasteiger partial charge < -0.3 is 4.90 Å². The number of carbonyl (C=O) groups is 1. The molecule has 7 nitrogen and oxygen atoms in total. The molecular formula is C21H22N4O3S. The fourth-order valence-electron chi connectivity index (χ4n) is 3.67. The molecule has 150 valence electrons. The van der Waals surface area contributed by atoms with Crippen LogP contribution < -0.4 is 9.62 Å². The third kappa shape index (κ3) is 3.45. The Bertz CT molecular complexity index is 1200. The lowest BCUT2D eigenvalue weighted by Gasteiger charge is -2.18. The van der Waals surface area contributed by atoms with E-state index in [2.05, 4.69) is 9.82 Å². The molecule has 3 aromatic rings. The van der Waals surface area contributed by atoms with E-state index in [1.54, 1.807) is 29.2 Å². The van der Waals surface area contributed by atoms with Crippen LogP contribution >= 0.6 is 0 Å². The lowest BCUT2D eigenvalue weighted by atomic mass is 10.1. The van der Waals surface area contributed by atoms with Crippen LogP contribution in [-0.4, -0.2) is 37.7 Å². The first-order valence-electron chi connectivity index (χ1n) is 9.32. The van der Waals surface area contributed by atoms with Crippen molar-refractivity contribution in [2.45, 2.75) is 25.2 Å². The van der Waals surface area contributed by atoms with Gasteiger partial charge in [0.1, 0.15) is 0 Å². The molecule has 0 aliphatic carbocycles. The third-order valence-corrected chi connectivity index (χ3v) is 6.55. The standard InChI is InChI=1S/C21H22N4O3S/c1-14-12-15(2)25(23-14)18-6-4-16(5-7-18)21(26)24-11-10-17-13-19(8-9-20(17)24)29(27,28)22-3/h4-9,12-13,22H,10-11H2,1-3H3.